The lowest BCUT2D eigenvalue weighted by Gasteiger charge is -2.23. The van der Waals surface area contributed by atoms with Crippen molar-refractivity contribution in [2.75, 3.05) is 4.90 Å². The Morgan fingerprint density at radius 3 is 1.89 bits per heavy atom. The molecule has 0 radical (unpaired) electrons. The molecule has 0 bridgehead atoms. The highest BCUT2D eigenvalue weighted by molar-refractivity contribution is 6.11. The fourth-order valence-electron chi connectivity index (χ4n) is 2.57. The molecule has 0 aliphatic carbocycles. The molecular formula is C19H13N3O5. The minimum absolute atomic E-state index is 0.102. The summed E-state index contributed by atoms with van der Waals surface area (Å²) in [4.78, 5) is 35.2. The van der Waals surface area contributed by atoms with E-state index in [1.54, 1.807) is 30.3 Å². The Morgan fingerprint density at radius 1 is 0.704 bits per heavy atom. The van der Waals surface area contributed by atoms with E-state index in [-0.39, 0.29) is 16.9 Å². The predicted octanol–water partition coefficient (Wildman–Crippen LogP) is 4.48. The number of hydrogen-bond acceptors (Lipinski definition) is 5. The molecule has 0 aliphatic rings. The summed E-state index contributed by atoms with van der Waals surface area (Å²) in [6.45, 7) is 0. The number of para-hydroxylation sites is 1. The van der Waals surface area contributed by atoms with Crippen molar-refractivity contribution in [2.45, 2.75) is 0 Å². The van der Waals surface area contributed by atoms with Crippen LogP contribution < -0.4 is 4.90 Å². The Morgan fingerprint density at radius 2 is 1.30 bits per heavy atom. The molecule has 8 heteroatoms. The van der Waals surface area contributed by atoms with Gasteiger partial charge in [0.2, 0.25) is 0 Å². The van der Waals surface area contributed by atoms with Gasteiger partial charge in [0.1, 0.15) is 0 Å². The molecular weight excluding hydrogens is 350 g/mol. The Balaban J connectivity index is 2.07. The van der Waals surface area contributed by atoms with E-state index in [9.17, 15) is 25.0 Å². The summed E-state index contributed by atoms with van der Waals surface area (Å²) < 4.78 is 0. The summed E-state index contributed by atoms with van der Waals surface area (Å²) >= 11 is 0. The molecule has 0 aromatic heterocycles. The van der Waals surface area contributed by atoms with Crippen LogP contribution in [-0.2, 0) is 0 Å². The van der Waals surface area contributed by atoms with Gasteiger partial charge in [-0.3, -0.25) is 29.9 Å². The van der Waals surface area contributed by atoms with Crippen LogP contribution in [0.25, 0.3) is 0 Å². The van der Waals surface area contributed by atoms with Gasteiger partial charge < -0.3 is 0 Å². The van der Waals surface area contributed by atoms with Gasteiger partial charge in [-0.15, -0.1) is 0 Å². The second-order valence-corrected chi connectivity index (χ2v) is 5.56. The summed E-state index contributed by atoms with van der Waals surface area (Å²) in [7, 11) is 0. The molecule has 3 aromatic carbocycles. The van der Waals surface area contributed by atoms with Crippen molar-refractivity contribution in [3.8, 4) is 0 Å². The number of anilines is 2. The number of amides is 1. The number of non-ortho nitro benzene ring substituents is 2. The first-order valence-corrected chi connectivity index (χ1v) is 7.86. The summed E-state index contributed by atoms with van der Waals surface area (Å²) in [6.07, 6.45) is 0. The van der Waals surface area contributed by atoms with Crippen molar-refractivity contribution in [3.05, 3.63) is 105 Å². The first-order valence-electron chi connectivity index (χ1n) is 7.86. The number of carbonyl (C=O) groups is 1. The number of hydrogen-bond donors (Lipinski definition) is 0. The van der Waals surface area contributed by atoms with Crippen LogP contribution >= 0.6 is 0 Å². The lowest BCUT2D eigenvalue weighted by Crippen LogP contribution is -2.26. The smallest absolute Gasteiger partial charge is 0.270 e. The number of rotatable bonds is 5. The molecule has 0 N–H and O–H groups in total. The van der Waals surface area contributed by atoms with Gasteiger partial charge in [-0.05, 0) is 30.3 Å². The Labute approximate surface area is 153 Å². The average molecular weight is 363 g/mol. The average Bonchev–Trinajstić information content (AvgIpc) is 2.69. The third-order valence-corrected chi connectivity index (χ3v) is 3.84. The van der Waals surface area contributed by atoms with Gasteiger partial charge in [0.05, 0.1) is 9.85 Å². The maximum absolute atomic E-state index is 13.1. The zero-order chi connectivity index (χ0) is 19.4. The normalized spacial score (nSPS) is 10.2. The SMILES string of the molecule is O=C(c1cccc([N+](=O)[O-])c1)N(c1ccccc1)c1ccc([N+](=O)[O-])cc1. The van der Waals surface area contributed by atoms with Crippen molar-refractivity contribution >= 4 is 28.7 Å². The van der Waals surface area contributed by atoms with E-state index in [1.165, 1.54) is 53.4 Å². The minimum atomic E-state index is -0.574. The van der Waals surface area contributed by atoms with E-state index < -0.39 is 15.8 Å². The number of benzene rings is 3. The molecule has 0 saturated heterocycles. The monoisotopic (exact) mass is 363 g/mol. The maximum Gasteiger partial charge on any atom is 0.270 e. The molecule has 0 fully saturated rings. The van der Waals surface area contributed by atoms with Crippen molar-refractivity contribution in [2.24, 2.45) is 0 Å². The third kappa shape index (κ3) is 3.79. The van der Waals surface area contributed by atoms with Gasteiger partial charge in [-0.1, -0.05) is 24.3 Å². The van der Waals surface area contributed by atoms with E-state index in [2.05, 4.69) is 0 Å². The largest absolute Gasteiger partial charge is 0.277 e. The Kier molecular flexibility index (Phi) is 4.89. The summed E-state index contributed by atoms with van der Waals surface area (Å²) in [5, 5.41) is 21.9. The number of nitro benzene ring substituents is 2. The molecule has 27 heavy (non-hydrogen) atoms. The van der Waals surface area contributed by atoms with Crippen LogP contribution in [0.15, 0.2) is 78.9 Å². The van der Waals surface area contributed by atoms with E-state index in [4.69, 9.17) is 0 Å². The number of nitro groups is 2. The second kappa shape index (κ2) is 7.44. The second-order valence-electron chi connectivity index (χ2n) is 5.56. The Hall–Kier alpha value is -4.07. The van der Waals surface area contributed by atoms with Gasteiger partial charge in [-0.25, -0.2) is 0 Å². The molecule has 0 saturated carbocycles. The first-order chi connectivity index (χ1) is 13.0. The molecule has 134 valence electrons. The van der Waals surface area contributed by atoms with Crippen LogP contribution in [-0.4, -0.2) is 15.8 Å². The molecule has 0 heterocycles. The van der Waals surface area contributed by atoms with E-state index >= 15 is 0 Å². The highest BCUT2D eigenvalue weighted by Crippen LogP contribution is 2.29. The van der Waals surface area contributed by atoms with Crippen LogP contribution in [0.5, 0.6) is 0 Å². The van der Waals surface area contributed by atoms with E-state index in [0.717, 1.165) is 0 Å². The summed E-state index contributed by atoms with van der Waals surface area (Å²) in [5.74, 6) is -0.487. The van der Waals surface area contributed by atoms with Crippen molar-refractivity contribution < 1.29 is 14.6 Å². The molecule has 0 atom stereocenters. The van der Waals surface area contributed by atoms with Crippen molar-refractivity contribution in [1.29, 1.82) is 0 Å². The van der Waals surface area contributed by atoms with Gasteiger partial charge in [-0.2, -0.15) is 0 Å². The fourth-order valence-corrected chi connectivity index (χ4v) is 2.57. The highest BCUT2D eigenvalue weighted by atomic mass is 16.6. The van der Waals surface area contributed by atoms with Gasteiger partial charge in [0, 0.05) is 41.2 Å². The quantitative estimate of drug-likeness (QED) is 0.490. The summed E-state index contributed by atoms with van der Waals surface area (Å²) in [6, 6.07) is 19.6. The zero-order valence-electron chi connectivity index (χ0n) is 13.9. The van der Waals surface area contributed by atoms with E-state index in [0.29, 0.717) is 11.4 Å². The topological polar surface area (TPSA) is 107 Å². The lowest BCUT2D eigenvalue weighted by molar-refractivity contribution is -0.385. The fraction of sp³-hybridized carbons (Fsp3) is 0. The number of carbonyl (C=O) groups excluding carboxylic acids is 1. The Bertz CT molecular complexity index is 1000. The van der Waals surface area contributed by atoms with Crippen LogP contribution in [0.3, 0.4) is 0 Å². The zero-order valence-corrected chi connectivity index (χ0v) is 13.9. The van der Waals surface area contributed by atoms with Crippen molar-refractivity contribution in [3.63, 3.8) is 0 Å². The van der Waals surface area contributed by atoms with Gasteiger partial charge in [0.15, 0.2) is 0 Å². The van der Waals surface area contributed by atoms with Crippen LogP contribution in [0, 0.1) is 20.2 Å². The van der Waals surface area contributed by atoms with Crippen LogP contribution in [0.2, 0.25) is 0 Å². The molecule has 3 rings (SSSR count). The van der Waals surface area contributed by atoms with Gasteiger partial charge >= 0.3 is 0 Å². The molecule has 0 aliphatic heterocycles. The molecule has 8 nitrogen and oxygen atoms in total. The minimum Gasteiger partial charge on any atom is -0.277 e. The lowest BCUT2D eigenvalue weighted by atomic mass is 10.1. The van der Waals surface area contributed by atoms with Crippen LogP contribution in [0.4, 0.5) is 22.7 Å². The van der Waals surface area contributed by atoms with E-state index in [1.807, 2.05) is 0 Å². The van der Waals surface area contributed by atoms with Gasteiger partial charge in [0.25, 0.3) is 17.3 Å². The molecule has 3 aromatic rings. The first kappa shape index (κ1) is 17.7. The molecule has 0 spiro atoms. The van der Waals surface area contributed by atoms with Crippen LogP contribution in [0.1, 0.15) is 10.4 Å². The standard InChI is InChI=1S/C19H13N3O5/c23-19(14-5-4-8-18(13-14)22(26)27)20(15-6-2-1-3-7-15)16-9-11-17(12-10-16)21(24)25/h1-13H. The predicted molar refractivity (Wildman–Crippen MR) is 99.1 cm³/mol. The highest BCUT2D eigenvalue weighted by Gasteiger charge is 2.22. The number of nitrogens with zero attached hydrogens (tertiary/aromatic N) is 3. The third-order valence-electron chi connectivity index (χ3n) is 3.84. The summed E-state index contributed by atoms with van der Waals surface area (Å²) in [5.41, 5.74) is 0.768. The van der Waals surface area contributed by atoms with Crippen molar-refractivity contribution in [1.82, 2.24) is 0 Å². The molecule has 0 unspecified atom stereocenters. The molecule has 1 amide bonds. The maximum atomic E-state index is 13.1.